The summed E-state index contributed by atoms with van der Waals surface area (Å²) in [5.41, 5.74) is 7.43. The standard InChI is InChI=1S/C41H26N4O2.Pt/c1-41(2)32-18-15-26(46-25-14-16-27-28-9-3-5-11-33(28)44-22-21-43-40(44)31(27)23-25)24-35(32)45(37-13-7-8-20-42-37)34-19-17-30-29-10-4-6-12-36(29)47-39(30)38(34)41;/h3-22H,1-2H3;/q-2;+2. The quantitative estimate of drug-likeness (QED) is 0.132. The molecule has 9 aromatic rings. The Morgan fingerprint density at radius 2 is 1.48 bits per heavy atom. The second-order valence-electron chi connectivity index (χ2n) is 12.5. The molecule has 1 aliphatic rings. The van der Waals surface area contributed by atoms with Gasteiger partial charge in [-0.15, -0.1) is 29.8 Å². The Kier molecular flexibility index (Phi) is 6.31. The number of para-hydroxylation sites is 2. The van der Waals surface area contributed by atoms with Crippen molar-refractivity contribution in [2.24, 2.45) is 0 Å². The summed E-state index contributed by atoms with van der Waals surface area (Å²) in [5.74, 6) is 1.97. The average molecular weight is 802 g/mol. The zero-order valence-corrected chi connectivity index (χ0v) is 28.2. The minimum absolute atomic E-state index is 0. The molecule has 10 rings (SSSR count). The van der Waals surface area contributed by atoms with Crippen LogP contribution in [0.1, 0.15) is 25.0 Å². The summed E-state index contributed by atoms with van der Waals surface area (Å²) in [6.45, 7) is 4.50. The molecule has 0 saturated heterocycles. The zero-order chi connectivity index (χ0) is 31.3. The number of aromatic nitrogens is 3. The van der Waals surface area contributed by atoms with Crippen LogP contribution in [-0.4, -0.2) is 14.4 Å². The molecular formula is C41H26N4O2Pt. The molecule has 6 nitrogen and oxygen atoms in total. The van der Waals surface area contributed by atoms with E-state index in [9.17, 15) is 0 Å². The first-order valence-electron chi connectivity index (χ1n) is 15.7. The molecule has 0 fully saturated rings. The Morgan fingerprint density at radius 3 is 2.35 bits per heavy atom. The van der Waals surface area contributed by atoms with Crippen LogP contribution in [-0.2, 0) is 26.5 Å². The fourth-order valence-electron chi connectivity index (χ4n) is 7.40. The van der Waals surface area contributed by atoms with E-state index >= 15 is 0 Å². The van der Waals surface area contributed by atoms with Crippen molar-refractivity contribution in [1.29, 1.82) is 0 Å². The molecule has 0 bridgehead atoms. The molecular weight excluding hydrogens is 776 g/mol. The number of furan rings is 1. The molecule has 0 amide bonds. The van der Waals surface area contributed by atoms with Crippen molar-refractivity contribution >= 4 is 66.5 Å². The Bertz CT molecular complexity index is 2710. The van der Waals surface area contributed by atoms with Crippen LogP contribution in [0.4, 0.5) is 17.2 Å². The number of hydrogen-bond donors (Lipinski definition) is 0. The van der Waals surface area contributed by atoms with Gasteiger partial charge in [0.15, 0.2) is 0 Å². The number of benzene rings is 5. The van der Waals surface area contributed by atoms with Gasteiger partial charge in [-0.3, -0.25) is 4.98 Å². The minimum atomic E-state index is -0.402. The van der Waals surface area contributed by atoms with Crippen molar-refractivity contribution in [2.75, 3.05) is 4.90 Å². The van der Waals surface area contributed by atoms with Gasteiger partial charge in [0.2, 0.25) is 0 Å². The second-order valence-corrected chi connectivity index (χ2v) is 12.5. The molecule has 7 heteroatoms. The van der Waals surface area contributed by atoms with Crippen LogP contribution >= 0.6 is 0 Å². The van der Waals surface area contributed by atoms with Crippen LogP contribution in [0.25, 0.3) is 49.3 Å². The van der Waals surface area contributed by atoms with E-state index in [1.54, 1.807) is 0 Å². The van der Waals surface area contributed by atoms with Gasteiger partial charge < -0.3 is 18.5 Å². The molecule has 5 heterocycles. The smallest absolute Gasteiger partial charge is 0.503 e. The molecule has 0 radical (unpaired) electrons. The number of pyridine rings is 2. The van der Waals surface area contributed by atoms with Gasteiger partial charge >= 0.3 is 21.1 Å². The van der Waals surface area contributed by atoms with Gasteiger partial charge in [0.25, 0.3) is 0 Å². The number of imidazole rings is 1. The van der Waals surface area contributed by atoms with Crippen LogP contribution < -0.4 is 9.64 Å². The summed E-state index contributed by atoms with van der Waals surface area (Å²) in [6.07, 6.45) is 5.63. The molecule has 1 aliphatic heterocycles. The number of rotatable bonds is 3. The third-order valence-corrected chi connectivity index (χ3v) is 9.52. The monoisotopic (exact) mass is 801 g/mol. The fourth-order valence-corrected chi connectivity index (χ4v) is 7.40. The van der Waals surface area contributed by atoms with Crippen LogP contribution in [0.15, 0.2) is 126 Å². The van der Waals surface area contributed by atoms with Crippen LogP contribution in [0.2, 0.25) is 0 Å². The van der Waals surface area contributed by atoms with Crippen LogP contribution in [0, 0.1) is 12.1 Å². The average Bonchev–Trinajstić information content (AvgIpc) is 3.74. The van der Waals surface area contributed by atoms with Crippen molar-refractivity contribution in [3.63, 3.8) is 0 Å². The molecule has 4 aromatic heterocycles. The summed E-state index contributed by atoms with van der Waals surface area (Å²) in [4.78, 5) is 11.6. The van der Waals surface area contributed by atoms with Gasteiger partial charge in [-0.2, -0.15) is 6.07 Å². The number of nitrogens with zero attached hydrogens (tertiary/aromatic N) is 4. The molecule has 0 aliphatic carbocycles. The molecule has 0 spiro atoms. The molecule has 0 unspecified atom stereocenters. The van der Waals surface area contributed by atoms with Crippen LogP contribution in [0.5, 0.6) is 11.5 Å². The van der Waals surface area contributed by atoms with E-state index in [0.717, 1.165) is 77.6 Å². The Hall–Kier alpha value is -5.45. The number of anilines is 3. The van der Waals surface area contributed by atoms with E-state index in [-0.39, 0.29) is 21.1 Å². The van der Waals surface area contributed by atoms with Gasteiger partial charge in [0, 0.05) is 51.9 Å². The molecule has 5 aromatic carbocycles. The normalized spacial score (nSPS) is 13.6. The van der Waals surface area contributed by atoms with E-state index in [4.69, 9.17) is 14.1 Å². The van der Waals surface area contributed by atoms with Gasteiger partial charge in [0.05, 0.1) is 11.3 Å². The fraction of sp³-hybridized carbons (Fsp3) is 0.0732. The van der Waals surface area contributed by atoms with Crippen molar-refractivity contribution < 1.29 is 30.2 Å². The third kappa shape index (κ3) is 4.02. The van der Waals surface area contributed by atoms with Crippen LogP contribution in [0.3, 0.4) is 0 Å². The first-order valence-corrected chi connectivity index (χ1v) is 15.7. The van der Waals surface area contributed by atoms with Crippen molar-refractivity contribution in [1.82, 2.24) is 14.4 Å². The molecule has 0 saturated carbocycles. The zero-order valence-electron chi connectivity index (χ0n) is 26.0. The molecule has 48 heavy (non-hydrogen) atoms. The number of fused-ring (bicyclic) bond motifs is 12. The number of hydrogen-bond acceptors (Lipinski definition) is 5. The Morgan fingerprint density at radius 1 is 0.708 bits per heavy atom. The summed E-state index contributed by atoms with van der Waals surface area (Å²) in [7, 11) is 0. The number of ether oxygens (including phenoxy) is 1. The predicted molar refractivity (Wildman–Crippen MR) is 186 cm³/mol. The first-order chi connectivity index (χ1) is 23.1. The SMILES string of the molecule is CC1(C)c2ccc(Oc3[c-]c4c(cc3)c3ccccc3n3ccnc43)[c-]c2N(c2ccccn2)c2ccc3c(oc4ccccc43)c21.[Pt+2]. The maximum absolute atomic E-state index is 6.58. The Labute approximate surface area is 290 Å². The summed E-state index contributed by atoms with van der Waals surface area (Å²) in [5, 5.41) is 5.34. The van der Waals surface area contributed by atoms with Gasteiger partial charge in [-0.1, -0.05) is 78.8 Å². The first kappa shape index (κ1) is 28.7. The molecule has 0 N–H and O–H groups in total. The Balaban J connectivity index is 0.00000314. The van der Waals surface area contributed by atoms with Gasteiger partial charge in [0.1, 0.15) is 17.0 Å². The maximum atomic E-state index is 6.58. The minimum Gasteiger partial charge on any atom is -0.503 e. The van der Waals surface area contributed by atoms with Crippen molar-refractivity contribution in [3.8, 4) is 11.5 Å². The third-order valence-electron chi connectivity index (χ3n) is 9.52. The maximum Gasteiger partial charge on any atom is 2.00 e. The van der Waals surface area contributed by atoms with Crippen molar-refractivity contribution in [2.45, 2.75) is 19.3 Å². The van der Waals surface area contributed by atoms with E-state index in [0.29, 0.717) is 11.5 Å². The molecule has 0 atom stereocenters. The van der Waals surface area contributed by atoms with Gasteiger partial charge in [-0.25, -0.2) is 4.98 Å². The summed E-state index contributed by atoms with van der Waals surface area (Å²) >= 11 is 0. The predicted octanol–water partition coefficient (Wildman–Crippen LogP) is 10.4. The van der Waals surface area contributed by atoms with E-state index in [1.807, 2.05) is 67.1 Å². The van der Waals surface area contributed by atoms with Gasteiger partial charge in [-0.05, 0) is 47.2 Å². The molecule has 232 valence electrons. The summed E-state index contributed by atoms with van der Waals surface area (Å²) in [6, 6.07) is 42.2. The van der Waals surface area contributed by atoms with E-state index in [1.165, 1.54) is 0 Å². The topological polar surface area (TPSA) is 55.8 Å². The largest absolute Gasteiger partial charge is 2.00 e. The van der Waals surface area contributed by atoms with Crippen molar-refractivity contribution in [3.05, 3.63) is 145 Å². The van der Waals surface area contributed by atoms with E-state index < -0.39 is 5.41 Å². The van der Waals surface area contributed by atoms with E-state index in [2.05, 4.69) is 94.9 Å². The second kappa shape index (κ2) is 10.5. The summed E-state index contributed by atoms with van der Waals surface area (Å²) < 4.78 is 15.2.